The van der Waals surface area contributed by atoms with Gasteiger partial charge in [0.15, 0.2) is 0 Å². The fraction of sp³-hybridized carbons (Fsp3) is 0.455. The van der Waals surface area contributed by atoms with Crippen molar-refractivity contribution in [3.05, 3.63) is 29.8 Å². The molecule has 0 aliphatic carbocycles. The van der Waals surface area contributed by atoms with Gasteiger partial charge in [0.1, 0.15) is 5.75 Å². The summed E-state index contributed by atoms with van der Waals surface area (Å²) in [6.45, 7) is 4.12. The number of benzene rings is 1. The lowest BCUT2D eigenvalue weighted by Gasteiger charge is -2.20. The van der Waals surface area contributed by atoms with Gasteiger partial charge in [-0.05, 0) is 32.9 Å². The molecule has 0 bridgehead atoms. The van der Waals surface area contributed by atoms with Gasteiger partial charge in [0.05, 0.1) is 13.2 Å². The predicted molar refractivity (Wildman–Crippen MR) is 69.3 cm³/mol. The lowest BCUT2D eigenvalue weighted by Crippen LogP contribution is -2.01. The molecule has 0 atom stereocenters. The first kappa shape index (κ1) is 13.7. The van der Waals surface area contributed by atoms with Crippen molar-refractivity contribution in [3.8, 4) is 5.75 Å². The largest absolute Gasteiger partial charge is 0.424 e. The average molecular weight is 260 g/mol. The van der Waals surface area contributed by atoms with Crippen LogP contribution in [0, 0.1) is 6.92 Å². The molecule has 1 aromatic rings. The molecule has 1 aromatic carbocycles. The van der Waals surface area contributed by atoms with E-state index >= 15 is 0 Å². The van der Waals surface area contributed by atoms with Crippen molar-refractivity contribution >= 4 is 18.5 Å². The molecule has 0 radical (unpaired) electrons. The monoisotopic (exact) mass is 260 g/mol. The molecule has 3 nitrogen and oxygen atoms in total. The lowest BCUT2D eigenvalue weighted by atomic mass is 10.2. The molecule has 0 saturated heterocycles. The standard InChI is InChI=1S/C11H17O3PS/c1-4-12-15(16,13-5-2)14-11-8-6-10(3)7-9-11/h6-9H,4-5H2,1-3H3. The lowest BCUT2D eigenvalue weighted by molar-refractivity contribution is 0.218. The Bertz CT molecular complexity index is 354. The summed E-state index contributed by atoms with van der Waals surface area (Å²) in [5, 5.41) is 0. The predicted octanol–water partition coefficient (Wildman–Crippen LogP) is 3.67. The molecule has 0 amide bonds. The Morgan fingerprint density at radius 1 is 1.06 bits per heavy atom. The summed E-state index contributed by atoms with van der Waals surface area (Å²) in [4.78, 5) is 0. The molecule has 0 spiro atoms. The first-order valence-electron chi connectivity index (χ1n) is 5.25. The number of aryl methyl sites for hydroxylation is 1. The summed E-state index contributed by atoms with van der Waals surface area (Å²) < 4.78 is 16.4. The fourth-order valence-corrected chi connectivity index (χ4v) is 3.22. The Morgan fingerprint density at radius 2 is 1.56 bits per heavy atom. The second-order valence-electron chi connectivity index (χ2n) is 3.19. The molecule has 0 unspecified atom stereocenters. The molecule has 0 aliphatic rings. The minimum Gasteiger partial charge on any atom is -0.424 e. The van der Waals surface area contributed by atoms with Crippen molar-refractivity contribution < 1.29 is 13.6 Å². The van der Waals surface area contributed by atoms with E-state index in [-0.39, 0.29) is 0 Å². The second-order valence-corrected chi connectivity index (χ2v) is 6.12. The Labute approximate surface area is 102 Å². The van der Waals surface area contributed by atoms with Gasteiger partial charge < -0.3 is 4.52 Å². The first-order chi connectivity index (χ1) is 7.59. The van der Waals surface area contributed by atoms with Crippen LogP contribution in [0.15, 0.2) is 24.3 Å². The molecule has 0 saturated carbocycles. The third-order valence-corrected chi connectivity index (χ3v) is 4.25. The van der Waals surface area contributed by atoms with E-state index in [0.717, 1.165) is 0 Å². The van der Waals surface area contributed by atoms with Crippen molar-refractivity contribution in [2.24, 2.45) is 0 Å². The summed E-state index contributed by atoms with van der Waals surface area (Å²) in [7, 11) is 0. The molecule has 0 aromatic heterocycles. The van der Waals surface area contributed by atoms with Gasteiger partial charge in [-0.3, -0.25) is 9.05 Å². The van der Waals surface area contributed by atoms with E-state index in [9.17, 15) is 0 Å². The third kappa shape index (κ3) is 4.22. The number of hydrogen-bond acceptors (Lipinski definition) is 4. The SMILES string of the molecule is CCOP(=S)(OCC)Oc1ccc(C)cc1. The van der Waals surface area contributed by atoms with Gasteiger partial charge in [-0.15, -0.1) is 0 Å². The number of rotatable bonds is 6. The molecule has 16 heavy (non-hydrogen) atoms. The van der Waals surface area contributed by atoms with Gasteiger partial charge >= 0.3 is 6.72 Å². The van der Waals surface area contributed by atoms with Crippen molar-refractivity contribution in [1.82, 2.24) is 0 Å². The van der Waals surface area contributed by atoms with Crippen LogP contribution >= 0.6 is 6.72 Å². The Kier molecular flexibility index (Phi) is 5.42. The molecular formula is C11H17O3PS. The highest BCUT2D eigenvalue weighted by Gasteiger charge is 2.20. The molecule has 0 heterocycles. The van der Waals surface area contributed by atoms with E-state index in [2.05, 4.69) is 0 Å². The molecule has 5 heteroatoms. The van der Waals surface area contributed by atoms with Crippen LogP contribution in [-0.2, 0) is 20.9 Å². The Balaban J connectivity index is 2.75. The van der Waals surface area contributed by atoms with Gasteiger partial charge in [-0.1, -0.05) is 17.7 Å². The van der Waals surface area contributed by atoms with E-state index in [1.54, 1.807) is 0 Å². The van der Waals surface area contributed by atoms with Gasteiger partial charge in [0.25, 0.3) is 0 Å². The Morgan fingerprint density at radius 3 is 2.00 bits per heavy atom. The molecule has 0 fully saturated rings. The van der Waals surface area contributed by atoms with Gasteiger partial charge in [-0.25, -0.2) is 0 Å². The van der Waals surface area contributed by atoms with Crippen LogP contribution in [0.5, 0.6) is 5.75 Å². The molecular weight excluding hydrogens is 243 g/mol. The fourth-order valence-electron chi connectivity index (χ4n) is 1.13. The van der Waals surface area contributed by atoms with E-state index in [0.29, 0.717) is 19.0 Å². The third-order valence-electron chi connectivity index (χ3n) is 1.81. The van der Waals surface area contributed by atoms with Crippen molar-refractivity contribution in [2.75, 3.05) is 13.2 Å². The van der Waals surface area contributed by atoms with Crippen LogP contribution in [0.2, 0.25) is 0 Å². The maximum absolute atomic E-state index is 5.62. The summed E-state index contributed by atoms with van der Waals surface area (Å²) in [5.41, 5.74) is 1.17. The van der Waals surface area contributed by atoms with Crippen LogP contribution in [0.1, 0.15) is 19.4 Å². The molecule has 90 valence electrons. The molecule has 0 N–H and O–H groups in total. The average Bonchev–Trinajstić information content (AvgIpc) is 2.22. The van der Waals surface area contributed by atoms with Gasteiger partial charge in [0, 0.05) is 11.8 Å². The topological polar surface area (TPSA) is 27.7 Å². The van der Waals surface area contributed by atoms with Crippen LogP contribution in [0.3, 0.4) is 0 Å². The maximum atomic E-state index is 5.62. The minimum absolute atomic E-state index is 0.489. The van der Waals surface area contributed by atoms with Gasteiger partial charge in [0.2, 0.25) is 0 Å². The van der Waals surface area contributed by atoms with E-state index in [1.165, 1.54) is 5.56 Å². The maximum Gasteiger partial charge on any atom is 0.380 e. The van der Waals surface area contributed by atoms with E-state index in [1.807, 2.05) is 45.0 Å². The summed E-state index contributed by atoms with van der Waals surface area (Å²) in [6.07, 6.45) is 0. The van der Waals surface area contributed by atoms with Crippen molar-refractivity contribution in [1.29, 1.82) is 0 Å². The summed E-state index contributed by atoms with van der Waals surface area (Å²) >= 11 is 5.26. The van der Waals surface area contributed by atoms with Crippen LogP contribution in [0.25, 0.3) is 0 Å². The number of hydrogen-bond donors (Lipinski definition) is 0. The molecule has 1 rings (SSSR count). The zero-order valence-corrected chi connectivity index (χ0v) is 11.5. The highest BCUT2D eigenvalue weighted by Crippen LogP contribution is 2.49. The van der Waals surface area contributed by atoms with Crippen molar-refractivity contribution in [3.63, 3.8) is 0 Å². The van der Waals surface area contributed by atoms with Crippen molar-refractivity contribution in [2.45, 2.75) is 20.8 Å². The summed E-state index contributed by atoms with van der Waals surface area (Å²) in [5.74, 6) is 0.691. The van der Waals surface area contributed by atoms with Crippen LogP contribution in [0.4, 0.5) is 0 Å². The van der Waals surface area contributed by atoms with Gasteiger partial charge in [-0.2, -0.15) is 0 Å². The highest BCUT2D eigenvalue weighted by atomic mass is 32.5. The zero-order chi connectivity index (χ0) is 12.0. The smallest absolute Gasteiger partial charge is 0.380 e. The van der Waals surface area contributed by atoms with E-state index in [4.69, 9.17) is 25.4 Å². The normalized spacial score (nSPS) is 11.4. The van der Waals surface area contributed by atoms with Crippen LogP contribution < -0.4 is 4.52 Å². The zero-order valence-electron chi connectivity index (χ0n) is 9.80. The first-order valence-corrected chi connectivity index (χ1v) is 7.80. The quantitative estimate of drug-likeness (QED) is 0.729. The Hall–Kier alpha value is -0.410. The van der Waals surface area contributed by atoms with Crippen LogP contribution in [-0.4, -0.2) is 13.2 Å². The molecule has 0 aliphatic heterocycles. The van der Waals surface area contributed by atoms with E-state index < -0.39 is 6.72 Å². The highest BCUT2D eigenvalue weighted by molar-refractivity contribution is 8.07. The summed E-state index contributed by atoms with van der Waals surface area (Å²) in [6, 6.07) is 7.67. The minimum atomic E-state index is -2.62. The second kappa shape index (κ2) is 6.36.